The molecule has 1 aliphatic heterocycles. The van der Waals surface area contributed by atoms with Gasteiger partial charge >= 0.3 is 5.97 Å². The molecule has 28 heavy (non-hydrogen) atoms. The molecule has 1 aliphatic rings. The van der Waals surface area contributed by atoms with E-state index >= 15 is 0 Å². The van der Waals surface area contributed by atoms with Crippen molar-refractivity contribution >= 4 is 52.8 Å². The largest absolute Gasteiger partial charge is 0.481 e. The van der Waals surface area contributed by atoms with Crippen LogP contribution in [0.5, 0.6) is 0 Å². The molecule has 0 spiro atoms. The Morgan fingerprint density at radius 1 is 1.25 bits per heavy atom. The molecule has 0 atom stereocenters. The fraction of sp³-hybridized carbons (Fsp3) is 0.158. The Bertz CT molecular complexity index is 998. The summed E-state index contributed by atoms with van der Waals surface area (Å²) in [6.07, 6.45) is 1.42. The van der Waals surface area contributed by atoms with Gasteiger partial charge in [0.2, 0.25) is 0 Å². The second-order valence-electron chi connectivity index (χ2n) is 5.95. The van der Waals surface area contributed by atoms with Crippen LogP contribution >= 0.6 is 23.8 Å². The van der Waals surface area contributed by atoms with Crippen molar-refractivity contribution in [2.75, 3.05) is 6.54 Å². The topological polar surface area (TPSA) is 99.8 Å². The average Bonchev–Trinajstić information content (AvgIpc) is 3.10. The lowest BCUT2D eigenvalue weighted by Crippen LogP contribution is -2.54. The standard InChI is InChI=1S/C19H15ClN2O5S/c20-14-5-2-1-4-12(14)15-8-7-11(27-15)10-13-17(25)21-19(28)22(18(13)26)9-3-6-16(23)24/h1-2,4-5,7-8,10H,3,6,9H2,(H,23,24)(H,21,25,28)/b13-10+. The van der Waals surface area contributed by atoms with Crippen molar-refractivity contribution in [3.8, 4) is 11.3 Å². The van der Waals surface area contributed by atoms with Gasteiger partial charge < -0.3 is 9.52 Å². The second kappa shape index (κ2) is 8.37. The highest BCUT2D eigenvalue weighted by molar-refractivity contribution is 7.80. The van der Waals surface area contributed by atoms with Crippen molar-refractivity contribution in [1.82, 2.24) is 10.2 Å². The molecule has 9 heteroatoms. The number of furan rings is 1. The maximum atomic E-state index is 12.7. The predicted molar refractivity (Wildman–Crippen MR) is 106 cm³/mol. The Morgan fingerprint density at radius 3 is 2.71 bits per heavy atom. The maximum Gasteiger partial charge on any atom is 0.303 e. The first-order valence-corrected chi connectivity index (χ1v) is 9.11. The van der Waals surface area contributed by atoms with Crippen molar-refractivity contribution in [2.45, 2.75) is 12.8 Å². The van der Waals surface area contributed by atoms with E-state index in [-0.39, 0.29) is 30.1 Å². The van der Waals surface area contributed by atoms with Gasteiger partial charge in [-0.2, -0.15) is 0 Å². The van der Waals surface area contributed by atoms with Crippen molar-refractivity contribution in [1.29, 1.82) is 0 Å². The Morgan fingerprint density at radius 2 is 2.00 bits per heavy atom. The summed E-state index contributed by atoms with van der Waals surface area (Å²) in [5.74, 6) is -1.42. The fourth-order valence-corrected chi connectivity index (χ4v) is 3.16. The number of thiocarbonyl (C=S) groups is 1. The molecule has 2 heterocycles. The molecule has 3 rings (SSSR count). The van der Waals surface area contributed by atoms with Gasteiger partial charge in [0.05, 0.1) is 5.02 Å². The number of halogens is 1. The molecule has 1 fully saturated rings. The molecular weight excluding hydrogens is 404 g/mol. The molecule has 2 N–H and O–H groups in total. The van der Waals surface area contributed by atoms with Crippen molar-refractivity contribution in [3.05, 3.63) is 52.8 Å². The van der Waals surface area contributed by atoms with Gasteiger partial charge in [-0.1, -0.05) is 23.7 Å². The average molecular weight is 419 g/mol. The lowest BCUT2D eigenvalue weighted by atomic mass is 10.1. The zero-order chi connectivity index (χ0) is 20.3. The number of hydrogen-bond acceptors (Lipinski definition) is 5. The van der Waals surface area contributed by atoms with Crippen LogP contribution in [0, 0.1) is 0 Å². The summed E-state index contributed by atoms with van der Waals surface area (Å²) < 4.78 is 5.70. The van der Waals surface area contributed by atoms with Crippen LogP contribution in [0.4, 0.5) is 0 Å². The zero-order valence-corrected chi connectivity index (χ0v) is 16.0. The number of nitrogens with one attached hydrogen (secondary N) is 1. The number of rotatable bonds is 6. The van der Waals surface area contributed by atoms with E-state index < -0.39 is 17.8 Å². The lowest BCUT2D eigenvalue weighted by molar-refractivity contribution is -0.137. The summed E-state index contributed by atoms with van der Waals surface area (Å²) in [5, 5.41) is 11.6. The number of carboxylic acids is 1. The van der Waals surface area contributed by atoms with E-state index in [0.717, 1.165) is 0 Å². The lowest BCUT2D eigenvalue weighted by Gasteiger charge is -2.28. The maximum absolute atomic E-state index is 12.7. The smallest absolute Gasteiger partial charge is 0.303 e. The number of carbonyl (C=O) groups excluding carboxylic acids is 2. The van der Waals surface area contributed by atoms with Gasteiger partial charge in [0.1, 0.15) is 17.1 Å². The summed E-state index contributed by atoms with van der Waals surface area (Å²) >= 11 is 11.2. The third kappa shape index (κ3) is 4.29. The van der Waals surface area contributed by atoms with Gasteiger partial charge in [-0.05, 0) is 49.0 Å². The third-order valence-electron chi connectivity index (χ3n) is 4.01. The molecule has 0 unspecified atom stereocenters. The van der Waals surface area contributed by atoms with Gasteiger partial charge in [-0.15, -0.1) is 0 Å². The Kier molecular flexibility index (Phi) is 5.91. The number of carbonyl (C=O) groups is 3. The molecule has 0 saturated carbocycles. The number of aliphatic carboxylic acids is 1. The second-order valence-corrected chi connectivity index (χ2v) is 6.75. The summed E-state index contributed by atoms with van der Waals surface area (Å²) in [6, 6.07) is 10.4. The third-order valence-corrected chi connectivity index (χ3v) is 4.66. The van der Waals surface area contributed by atoms with Crippen LogP contribution in [0.1, 0.15) is 18.6 Å². The summed E-state index contributed by atoms with van der Waals surface area (Å²) in [4.78, 5) is 36.7. The molecule has 0 radical (unpaired) electrons. The first-order chi connectivity index (χ1) is 13.4. The van der Waals surface area contributed by atoms with Crippen LogP contribution in [0.15, 0.2) is 46.4 Å². The van der Waals surface area contributed by atoms with Crippen LogP contribution in [-0.2, 0) is 14.4 Å². The first kappa shape index (κ1) is 19.8. The Labute approximate surface area is 170 Å². The molecule has 2 amide bonds. The number of amides is 2. The number of benzene rings is 1. The van der Waals surface area contributed by atoms with E-state index in [9.17, 15) is 14.4 Å². The van der Waals surface area contributed by atoms with Crippen molar-refractivity contribution in [2.24, 2.45) is 0 Å². The number of hydrogen-bond donors (Lipinski definition) is 2. The minimum Gasteiger partial charge on any atom is -0.481 e. The Balaban J connectivity index is 1.83. The van der Waals surface area contributed by atoms with Crippen LogP contribution < -0.4 is 5.32 Å². The summed E-state index contributed by atoms with van der Waals surface area (Å²) in [5.41, 5.74) is 0.536. The highest BCUT2D eigenvalue weighted by Gasteiger charge is 2.33. The quantitative estimate of drug-likeness (QED) is 0.425. The van der Waals surface area contributed by atoms with Crippen LogP contribution in [-0.4, -0.2) is 39.4 Å². The van der Waals surface area contributed by atoms with E-state index in [2.05, 4.69) is 5.32 Å². The molecule has 0 aliphatic carbocycles. The molecular formula is C19H15ClN2O5S. The van der Waals surface area contributed by atoms with E-state index in [0.29, 0.717) is 22.1 Å². The van der Waals surface area contributed by atoms with Crippen LogP contribution in [0.3, 0.4) is 0 Å². The normalized spacial score (nSPS) is 15.8. The molecule has 0 bridgehead atoms. The van der Waals surface area contributed by atoms with Crippen LogP contribution in [0.2, 0.25) is 5.02 Å². The van der Waals surface area contributed by atoms with Gasteiger partial charge in [0.25, 0.3) is 11.8 Å². The van der Waals surface area contributed by atoms with E-state index in [1.165, 1.54) is 11.0 Å². The van der Waals surface area contributed by atoms with Gasteiger partial charge in [0.15, 0.2) is 5.11 Å². The highest BCUT2D eigenvalue weighted by atomic mass is 35.5. The first-order valence-electron chi connectivity index (χ1n) is 8.32. The van der Waals surface area contributed by atoms with Crippen molar-refractivity contribution < 1.29 is 23.9 Å². The fourth-order valence-electron chi connectivity index (χ4n) is 2.66. The van der Waals surface area contributed by atoms with Gasteiger partial charge in [0, 0.05) is 18.5 Å². The predicted octanol–water partition coefficient (Wildman–Crippen LogP) is 3.09. The van der Waals surface area contributed by atoms with Gasteiger partial charge in [-0.25, -0.2) is 0 Å². The Hall–Kier alpha value is -2.97. The number of nitrogens with zero attached hydrogens (tertiary/aromatic N) is 1. The summed E-state index contributed by atoms with van der Waals surface area (Å²) in [6.45, 7) is 0.0879. The monoisotopic (exact) mass is 418 g/mol. The highest BCUT2D eigenvalue weighted by Crippen LogP contribution is 2.30. The van der Waals surface area contributed by atoms with Gasteiger partial charge in [-0.3, -0.25) is 24.6 Å². The zero-order valence-electron chi connectivity index (χ0n) is 14.5. The molecule has 1 aromatic carbocycles. The molecule has 144 valence electrons. The minimum atomic E-state index is -0.974. The molecule has 1 saturated heterocycles. The van der Waals surface area contributed by atoms with Crippen molar-refractivity contribution in [3.63, 3.8) is 0 Å². The minimum absolute atomic E-state index is 0.0475. The van der Waals surface area contributed by atoms with E-state index in [1.807, 2.05) is 6.07 Å². The SMILES string of the molecule is O=C(O)CCCN1C(=O)/C(=C/c2ccc(-c3ccccc3Cl)o2)C(=O)NC1=S. The van der Waals surface area contributed by atoms with E-state index in [4.69, 9.17) is 33.3 Å². The summed E-state index contributed by atoms with van der Waals surface area (Å²) in [7, 11) is 0. The van der Waals surface area contributed by atoms with E-state index in [1.54, 1.807) is 30.3 Å². The molecule has 1 aromatic heterocycles. The number of carboxylic acid groups (broad SMARTS) is 1. The van der Waals surface area contributed by atoms with Crippen LogP contribution in [0.25, 0.3) is 17.4 Å². The molecule has 2 aromatic rings. The molecule has 7 nitrogen and oxygen atoms in total.